The van der Waals surface area contributed by atoms with E-state index in [1.54, 1.807) is 0 Å². The molecule has 0 aliphatic carbocycles. The van der Waals surface area contributed by atoms with Crippen LogP contribution in [-0.4, -0.2) is 54.1 Å². The van der Waals surface area contributed by atoms with Gasteiger partial charge in [0.2, 0.25) is 5.91 Å². The zero-order chi connectivity index (χ0) is 16.0. The quantitative estimate of drug-likeness (QED) is 0.711. The van der Waals surface area contributed by atoms with Crippen LogP contribution < -0.4 is 5.32 Å². The third-order valence-electron chi connectivity index (χ3n) is 4.41. The minimum absolute atomic E-state index is 0.0431. The molecule has 1 N–H and O–H groups in total. The van der Waals surface area contributed by atoms with Crippen LogP contribution in [0.1, 0.15) is 60.3 Å². The van der Waals surface area contributed by atoms with Gasteiger partial charge in [0.1, 0.15) is 0 Å². The van der Waals surface area contributed by atoms with Crippen LogP contribution in [0.15, 0.2) is 0 Å². The Morgan fingerprint density at radius 1 is 1.29 bits per heavy atom. The van der Waals surface area contributed by atoms with E-state index in [0.29, 0.717) is 17.9 Å². The molecule has 4 nitrogen and oxygen atoms in total. The summed E-state index contributed by atoms with van der Waals surface area (Å²) in [5.74, 6) is 0.922. The predicted molar refractivity (Wildman–Crippen MR) is 89.2 cm³/mol. The molecule has 0 saturated carbocycles. The molecule has 1 rings (SSSR count). The van der Waals surface area contributed by atoms with Crippen molar-refractivity contribution in [2.45, 2.75) is 78.6 Å². The lowest BCUT2D eigenvalue weighted by Crippen LogP contribution is -2.40. The van der Waals surface area contributed by atoms with Gasteiger partial charge in [-0.3, -0.25) is 10.1 Å². The Labute approximate surface area is 131 Å². The van der Waals surface area contributed by atoms with Crippen LogP contribution in [0.25, 0.3) is 0 Å². The number of rotatable bonds is 9. The summed E-state index contributed by atoms with van der Waals surface area (Å²) in [6.45, 7) is 12.9. The minimum atomic E-state index is 0.0431. The second-order valence-electron chi connectivity index (χ2n) is 7.11. The minimum Gasteiger partial charge on any atom is -0.326 e. The number of nitrogens with one attached hydrogen (secondary N) is 1. The first-order valence-electron chi connectivity index (χ1n) is 8.63. The van der Waals surface area contributed by atoms with Crippen LogP contribution in [0.3, 0.4) is 0 Å². The summed E-state index contributed by atoms with van der Waals surface area (Å²) in [4.78, 5) is 17.0. The van der Waals surface area contributed by atoms with Crippen LogP contribution in [0, 0.1) is 5.92 Å². The largest absolute Gasteiger partial charge is 0.326 e. The van der Waals surface area contributed by atoms with Crippen molar-refractivity contribution >= 4 is 5.91 Å². The summed E-state index contributed by atoms with van der Waals surface area (Å²) in [5.41, 5.74) is 0. The third-order valence-corrected chi connectivity index (χ3v) is 4.41. The molecule has 0 bridgehead atoms. The molecule has 0 aromatic heterocycles. The number of hydrogen-bond acceptors (Lipinski definition) is 3. The van der Waals surface area contributed by atoms with E-state index in [2.05, 4.69) is 56.8 Å². The van der Waals surface area contributed by atoms with Crippen LogP contribution >= 0.6 is 0 Å². The van der Waals surface area contributed by atoms with Crippen LogP contribution in [0.2, 0.25) is 0 Å². The monoisotopic (exact) mass is 297 g/mol. The van der Waals surface area contributed by atoms with E-state index < -0.39 is 0 Å². The van der Waals surface area contributed by atoms with E-state index in [-0.39, 0.29) is 12.2 Å². The molecule has 1 heterocycles. The Hall–Kier alpha value is -0.610. The summed E-state index contributed by atoms with van der Waals surface area (Å²) >= 11 is 0. The van der Waals surface area contributed by atoms with Gasteiger partial charge in [-0.05, 0) is 52.6 Å². The van der Waals surface area contributed by atoms with Crippen molar-refractivity contribution < 1.29 is 4.79 Å². The highest BCUT2D eigenvalue weighted by Gasteiger charge is 2.37. The fraction of sp³-hybridized carbons (Fsp3) is 0.941. The van der Waals surface area contributed by atoms with Crippen molar-refractivity contribution in [3.05, 3.63) is 0 Å². The lowest BCUT2D eigenvalue weighted by atomic mass is 10.1. The second-order valence-corrected chi connectivity index (χ2v) is 7.11. The van der Waals surface area contributed by atoms with Gasteiger partial charge in [0.25, 0.3) is 0 Å². The van der Waals surface area contributed by atoms with Crippen molar-refractivity contribution in [3.8, 4) is 0 Å². The number of nitrogens with zero attached hydrogens (tertiary/aromatic N) is 2. The van der Waals surface area contributed by atoms with E-state index in [1.165, 1.54) is 0 Å². The Kier molecular flexibility index (Phi) is 7.67. The lowest BCUT2D eigenvalue weighted by molar-refractivity contribution is -0.130. The molecule has 1 fully saturated rings. The van der Waals surface area contributed by atoms with Crippen molar-refractivity contribution in [2.75, 3.05) is 20.1 Å². The van der Waals surface area contributed by atoms with Gasteiger partial charge >= 0.3 is 0 Å². The zero-order valence-corrected chi connectivity index (χ0v) is 14.9. The molecule has 1 saturated heterocycles. The molecule has 1 amide bonds. The van der Waals surface area contributed by atoms with Crippen molar-refractivity contribution in [1.29, 1.82) is 0 Å². The van der Waals surface area contributed by atoms with Crippen molar-refractivity contribution in [2.24, 2.45) is 5.92 Å². The third kappa shape index (κ3) is 5.59. The molecule has 21 heavy (non-hydrogen) atoms. The summed E-state index contributed by atoms with van der Waals surface area (Å²) in [6, 6.07) is 0.610. The van der Waals surface area contributed by atoms with E-state index in [4.69, 9.17) is 0 Å². The van der Waals surface area contributed by atoms with Crippen LogP contribution in [-0.2, 0) is 4.79 Å². The first-order chi connectivity index (χ1) is 9.86. The fourth-order valence-corrected chi connectivity index (χ4v) is 2.90. The lowest BCUT2D eigenvalue weighted by Gasteiger charge is -2.27. The average molecular weight is 297 g/mol. The highest BCUT2D eigenvalue weighted by molar-refractivity contribution is 5.84. The van der Waals surface area contributed by atoms with E-state index >= 15 is 0 Å². The Morgan fingerprint density at radius 3 is 2.48 bits per heavy atom. The van der Waals surface area contributed by atoms with Crippen molar-refractivity contribution in [1.82, 2.24) is 15.1 Å². The summed E-state index contributed by atoms with van der Waals surface area (Å²) < 4.78 is 0. The topological polar surface area (TPSA) is 35.6 Å². The van der Waals surface area contributed by atoms with Crippen molar-refractivity contribution in [3.63, 3.8) is 0 Å². The maximum atomic E-state index is 12.5. The fourth-order valence-electron chi connectivity index (χ4n) is 2.90. The molecule has 0 radical (unpaired) electrons. The summed E-state index contributed by atoms with van der Waals surface area (Å²) in [5, 5.41) is 3.55. The Morgan fingerprint density at radius 2 is 1.95 bits per heavy atom. The smallest absolute Gasteiger partial charge is 0.241 e. The SMILES string of the molecule is CCCC1NC(CC(C)C)N(CCCN(C)C(C)C)C1=O. The normalized spacial score (nSPS) is 23.1. The Balaban J connectivity index is 2.55. The summed E-state index contributed by atoms with van der Waals surface area (Å²) in [6.07, 6.45) is 4.34. The zero-order valence-electron chi connectivity index (χ0n) is 14.9. The molecule has 4 heteroatoms. The Bertz CT molecular complexity index is 317. The molecular formula is C17H35N3O. The maximum absolute atomic E-state index is 12.5. The maximum Gasteiger partial charge on any atom is 0.241 e. The second kappa shape index (κ2) is 8.74. The highest BCUT2D eigenvalue weighted by atomic mass is 16.2. The van der Waals surface area contributed by atoms with Gasteiger partial charge in [-0.1, -0.05) is 27.2 Å². The number of hydrogen-bond donors (Lipinski definition) is 1. The molecule has 0 aromatic rings. The van der Waals surface area contributed by atoms with Gasteiger partial charge in [-0.15, -0.1) is 0 Å². The van der Waals surface area contributed by atoms with Gasteiger partial charge in [-0.2, -0.15) is 0 Å². The first-order valence-corrected chi connectivity index (χ1v) is 8.63. The van der Waals surface area contributed by atoms with Gasteiger partial charge in [0.15, 0.2) is 0 Å². The number of carbonyl (C=O) groups excluding carboxylic acids is 1. The van der Waals surface area contributed by atoms with Gasteiger partial charge in [0, 0.05) is 12.6 Å². The molecule has 0 spiro atoms. The van der Waals surface area contributed by atoms with Gasteiger partial charge in [-0.25, -0.2) is 0 Å². The first kappa shape index (κ1) is 18.4. The van der Waals surface area contributed by atoms with Gasteiger partial charge in [0.05, 0.1) is 12.2 Å². The molecule has 1 aliphatic heterocycles. The molecule has 2 unspecified atom stereocenters. The molecule has 124 valence electrons. The standard InChI is InChI=1S/C17H35N3O/c1-7-9-15-17(21)20(16(18-15)12-13(2)3)11-8-10-19(6)14(4)5/h13-16,18H,7-12H2,1-6H3. The average Bonchev–Trinajstić information content (AvgIpc) is 2.66. The highest BCUT2D eigenvalue weighted by Crippen LogP contribution is 2.20. The molecule has 2 atom stereocenters. The number of carbonyl (C=O) groups is 1. The van der Waals surface area contributed by atoms with Crippen LogP contribution in [0.4, 0.5) is 0 Å². The molecule has 0 aromatic carbocycles. The molecular weight excluding hydrogens is 262 g/mol. The summed E-state index contributed by atoms with van der Waals surface area (Å²) in [7, 11) is 2.15. The van der Waals surface area contributed by atoms with Gasteiger partial charge < -0.3 is 9.80 Å². The van der Waals surface area contributed by atoms with E-state index in [9.17, 15) is 4.79 Å². The van der Waals surface area contributed by atoms with Crippen LogP contribution in [0.5, 0.6) is 0 Å². The molecule has 1 aliphatic rings. The predicted octanol–water partition coefficient (Wildman–Crippen LogP) is 2.69. The van der Waals surface area contributed by atoms with E-state index in [0.717, 1.165) is 38.8 Å². The van der Waals surface area contributed by atoms with E-state index in [1.807, 2.05) is 0 Å². The number of amides is 1.